The van der Waals surface area contributed by atoms with Crippen molar-refractivity contribution in [3.63, 3.8) is 0 Å². The average Bonchev–Trinajstić information content (AvgIpc) is 3.21. The number of halogens is 3. The number of nitrogens with one attached hydrogen (secondary N) is 1. The fourth-order valence-electron chi connectivity index (χ4n) is 3.55. The number of nitro groups is 1. The second-order valence-electron chi connectivity index (χ2n) is 8.15. The van der Waals surface area contributed by atoms with Crippen molar-refractivity contribution in [2.75, 3.05) is 18.5 Å². The van der Waals surface area contributed by atoms with Gasteiger partial charge in [-0.2, -0.15) is 0 Å². The lowest BCUT2D eigenvalue weighted by atomic mass is 10.2. The van der Waals surface area contributed by atoms with Gasteiger partial charge in [0.15, 0.2) is 11.4 Å². The molecule has 0 aliphatic heterocycles. The fourth-order valence-corrected chi connectivity index (χ4v) is 4.53. The number of aromatic nitrogens is 2. The van der Waals surface area contributed by atoms with Gasteiger partial charge in [0, 0.05) is 36.0 Å². The number of non-ortho nitro benzene ring substituents is 1. The van der Waals surface area contributed by atoms with Crippen molar-refractivity contribution >= 4 is 68.2 Å². The van der Waals surface area contributed by atoms with E-state index in [1.807, 2.05) is 23.6 Å². The minimum Gasteiger partial charge on any atom is -0.485 e. The lowest BCUT2D eigenvalue weighted by Gasteiger charge is -2.21. The van der Waals surface area contributed by atoms with Gasteiger partial charge in [-0.15, -0.1) is 0 Å². The molecule has 14 heteroatoms. The predicted molar refractivity (Wildman–Crippen MR) is 149 cm³/mol. The Hall–Kier alpha value is -3.87. The van der Waals surface area contributed by atoms with Crippen molar-refractivity contribution < 1.29 is 24.0 Å². The maximum Gasteiger partial charge on any atom is 0.413 e. The number of nitro benzene ring substituents is 1. The number of nitrogens with zero attached hydrogens (tertiary/aromatic N) is 4. The van der Waals surface area contributed by atoms with Gasteiger partial charge in [-0.05, 0) is 59.3 Å². The van der Waals surface area contributed by atoms with E-state index in [2.05, 4.69) is 26.2 Å². The fraction of sp³-hybridized carbons (Fsp3) is 0.160. The van der Waals surface area contributed by atoms with Crippen LogP contribution in [-0.2, 0) is 11.4 Å². The van der Waals surface area contributed by atoms with Crippen LogP contribution in [0.15, 0.2) is 59.3 Å². The summed E-state index contributed by atoms with van der Waals surface area (Å²) in [6.45, 7) is 1.48. The summed E-state index contributed by atoms with van der Waals surface area (Å²) in [5, 5.41) is 13.6. The molecule has 0 unspecified atom stereocenters. The first kappa shape index (κ1) is 28.1. The number of rotatable bonds is 8. The number of hydrogen-bond acceptors (Lipinski definition) is 7. The van der Waals surface area contributed by atoms with Crippen LogP contribution in [0.5, 0.6) is 11.5 Å². The summed E-state index contributed by atoms with van der Waals surface area (Å²) in [6, 6.07) is 11.7. The Morgan fingerprint density at radius 2 is 1.90 bits per heavy atom. The first-order valence-electron chi connectivity index (χ1n) is 11.3. The normalized spacial score (nSPS) is 10.8. The first-order chi connectivity index (χ1) is 18.6. The second-order valence-corrected chi connectivity index (χ2v) is 9.68. The van der Waals surface area contributed by atoms with Crippen LogP contribution < -0.4 is 19.7 Å². The largest absolute Gasteiger partial charge is 0.485 e. The second kappa shape index (κ2) is 11.9. The highest BCUT2D eigenvalue weighted by atomic mass is 79.9. The molecule has 1 N–H and O–H groups in total. The van der Waals surface area contributed by atoms with Crippen LogP contribution in [-0.4, -0.2) is 39.9 Å². The molecule has 39 heavy (non-hydrogen) atoms. The van der Waals surface area contributed by atoms with Crippen molar-refractivity contribution in [1.82, 2.24) is 14.7 Å². The zero-order valence-corrected chi connectivity index (χ0v) is 23.6. The van der Waals surface area contributed by atoms with Crippen LogP contribution in [0.1, 0.15) is 11.3 Å². The van der Waals surface area contributed by atoms with Crippen LogP contribution in [0.2, 0.25) is 10.0 Å². The van der Waals surface area contributed by atoms with Gasteiger partial charge in [0.25, 0.3) is 5.69 Å². The summed E-state index contributed by atoms with van der Waals surface area (Å²) in [7, 11) is 1.50. The summed E-state index contributed by atoms with van der Waals surface area (Å²) in [6.07, 6.45) is 0.945. The molecule has 0 aliphatic carbocycles. The van der Waals surface area contributed by atoms with E-state index in [1.165, 1.54) is 36.2 Å². The number of aryl methyl sites for hydroxylation is 1. The maximum atomic E-state index is 12.8. The molecule has 0 saturated heterocycles. The molecule has 202 valence electrons. The Bertz CT molecular complexity index is 1580. The van der Waals surface area contributed by atoms with E-state index in [9.17, 15) is 19.7 Å². The molecule has 0 aliphatic rings. The Balaban J connectivity index is 1.41. The molecule has 0 fully saturated rings. The van der Waals surface area contributed by atoms with Gasteiger partial charge in [0.05, 0.1) is 21.3 Å². The minimum atomic E-state index is -0.906. The van der Waals surface area contributed by atoms with Crippen molar-refractivity contribution in [2.45, 2.75) is 13.5 Å². The van der Waals surface area contributed by atoms with Crippen LogP contribution in [0.4, 0.5) is 16.2 Å². The van der Waals surface area contributed by atoms with Crippen molar-refractivity contribution in [3.8, 4) is 11.5 Å². The number of amides is 2. The number of likely N-dealkylation sites (N-methyl/N-ethyl adjacent to an activating group) is 1. The smallest absolute Gasteiger partial charge is 0.413 e. The summed E-state index contributed by atoms with van der Waals surface area (Å²) >= 11 is 16.5. The Morgan fingerprint density at radius 3 is 2.59 bits per heavy atom. The molecule has 0 bridgehead atoms. The van der Waals surface area contributed by atoms with E-state index in [4.69, 9.17) is 32.7 Å². The zero-order chi connectivity index (χ0) is 28.3. The van der Waals surface area contributed by atoms with E-state index >= 15 is 0 Å². The SMILES string of the molecule is Cc1nc2c(OCc3c(Cl)ccc(N(C)C(=O)CNC(=O)Oc4ccc([N+](=O)[O-])cc4)c3Cl)cccn2c1Br. The molecule has 0 spiro atoms. The third kappa shape index (κ3) is 6.24. The average molecular weight is 637 g/mol. The van der Waals surface area contributed by atoms with Gasteiger partial charge in [-0.3, -0.25) is 19.3 Å². The van der Waals surface area contributed by atoms with Gasteiger partial charge in [-0.25, -0.2) is 9.78 Å². The number of pyridine rings is 1. The van der Waals surface area contributed by atoms with Crippen molar-refractivity contribution in [3.05, 3.63) is 90.7 Å². The molecule has 11 nitrogen and oxygen atoms in total. The van der Waals surface area contributed by atoms with E-state index in [1.54, 1.807) is 18.2 Å². The Labute approximate surface area is 240 Å². The van der Waals surface area contributed by atoms with Gasteiger partial charge in [0.1, 0.15) is 23.5 Å². The van der Waals surface area contributed by atoms with E-state index < -0.39 is 23.5 Å². The molecule has 0 atom stereocenters. The quantitative estimate of drug-likeness (QED) is 0.187. The standard InChI is InChI=1S/C25H20BrCl2N5O6/c1-14-23(26)32-11-3-4-20(24(32)30-14)38-13-17-18(27)9-10-19(22(17)28)31(2)21(34)12-29-25(35)39-16-7-5-15(6-8-16)33(36)37/h3-11H,12-13H2,1-2H3,(H,29,35). The van der Waals surface area contributed by atoms with Gasteiger partial charge in [0.2, 0.25) is 5.91 Å². The summed E-state index contributed by atoms with van der Waals surface area (Å²) in [5.74, 6) is 0.107. The molecule has 2 amide bonds. The monoisotopic (exact) mass is 635 g/mol. The molecule has 2 aromatic heterocycles. The summed E-state index contributed by atoms with van der Waals surface area (Å²) < 4.78 is 13.7. The van der Waals surface area contributed by atoms with E-state index in [0.717, 1.165) is 10.3 Å². The van der Waals surface area contributed by atoms with Gasteiger partial charge < -0.3 is 19.7 Å². The third-order valence-electron chi connectivity index (χ3n) is 5.63. The van der Waals surface area contributed by atoms with Crippen LogP contribution in [0.3, 0.4) is 0 Å². The zero-order valence-electron chi connectivity index (χ0n) is 20.5. The highest BCUT2D eigenvalue weighted by Gasteiger charge is 2.20. The number of carbonyl (C=O) groups excluding carboxylic acids is 2. The maximum absolute atomic E-state index is 12.8. The number of fused-ring (bicyclic) bond motifs is 1. The number of hydrogen-bond donors (Lipinski definition) is 1. The molecule has 4 aromatic rings. The number of benzene rings is 2. The molecule has 4 rings (SSSR count). The number of carbonyl (C=O) groups is 2. The molecule has 2 aromatic carbocycles. The Kier molecular flexibility index (Phi) is 8.58. The Morgan fingerprint density at radius 1 is 1.18 bits per heavy atom. The van der Waals surface area contributed by atoms with Gasteiger partial charge >= 0.3 is 6.09 Å². The molecule has 0 saturated carbocycles. The van der Waals surface area contributed by atoms with Crippen molar-refractivity contribution in [1.29, 1.82) is 0 Å². The number of ether oxygens (including phenoxy) is 2. The number of imidazole rings is 1. The highest BCUT2D eigenvalue weighted by molar-refractivity contribution is 9.10. The third-order valence-corrected chi connectivity index (χ3v) is 7.36. The lowest BCUT2D eigenvalue weighted by molar-refractivity contribution is -0.384. The van der Waals surface area contributed by atoms with Gasteiger partial charge in [-0.1, -0.05) is 23.2 Å². The minimum absolute atomic E-state index is 0.0105. The molecule has 0 radical (unpaired) electrons. The molecular formula is C25H20BrCl2N5O6. The summed E-state index contributed by atoms with van der Waals surface area (Å²) in [4.78, 5) is 40.8. The van der Waals surface area contributed by atoms with E-state index in [0.29, 0.717) is 27.7 Å². The van der Waals surface area contributed by atoms with Crippen molar-refractivity contribution in [2.24, 2.45) is 0 Å². The summed E-state index contributed by atoms with van der Waals surface area (Å²) in [5.41, 5.74) is 2.09. The molecular weight excluding hydrogens is 617 g/mol. The first-order valence-corrected chi connectivity index (χ1v) is 12.8. The van der Waals surface area contributed by atoms with Crippen LogP contribution in [0, 0.1) is 17.0 Å². The topological polar surface area (TPSA) is 128 Å². The predicted octanol–water partition coefficient (Wildman–Crippen LogP) is 5.95. The molecule has 2 heterocycles. The lowest BCUT2D eigenvalue weighted by Crippen LogP contribution is -2.39. The van der Waals surface area contributed by atoms with E-state index in [-0.39, 0.29) is 23.1 Å². The highest BCUT2D eigenvalue weighted by Crippen LogP contribution is 2.35. The number of anilines is 1. The van der Waals surface area contributed by atoms with Crippen LogP contribution >= 0.6 is 39.1 Å². The van der Waals surface area contributed by atoms with Crippen LogP contribution in [0.25, 0.3) is 5.65 Å².